The maximum atomic E-state index is 12.7. The van der Waals surface area contributed by atoms with Gasteiger partial charge in [-0.2, -0.15) is 10.2 Å². The third-order valence-corrected chi connectivity index (χ3v) is 3.91. The monoisotopic (exact) mass is 352 g/mol. The Balaban J connectivity index is 2.25. The number of hydrogen-bond acceptors (Lipinski definition) is 6. The van der Waals surface area contributed by atoms with Gasteiger partial charge in [0.2, 0.25) is 0 Å². The van der Waals surface area contributed by atoms with Crippen LogP contribution in [0.5, 0.6) is 0 Å². The molecule has 0 heterocycles. The Labute approximate surface area is 151 Å². The maximum Gasteiger partial charge on any atom is 0.338 e. The highest BCUT2D eigenvalue weighted by molar-refractivity contribution is 6.17. The number of Topliss-reactive ketones (excluding diaryl/α,β-unsaturated/α-hetero) is 2. The van der Waals surface area contributed by atoms with Crippen LogP contribution in [0.15, 0.2) is 64.8 Å². The minimum Gasteiger partial charge on any atom is -0.462 e. The summed E-state index contributed by atoms with van der Waals surface area (Å²) in [6, 6.07) is 14.7. The highest BCUT2D eigenvalue weighted by Gasteiger charge is 2.39. The van der Waals surface area contributed by atoms with Crippen LogP contribution in [0.4, 0.5) is 5.69 Å². The van der Waals surface area contributed by atoms with Crippen molar-refractivity contribution in [2.24, 2.45) is 10.2 Å². The number of benzene rings is 2. The number of nitrogens with zero attached hydrogens (tertiary/aromatic N) is 2. The zero-order valence-corrected chi connectivity index (χ0v) is 14.9. The molecule has 134 valence electrons. The Bertz CT molecular complexity index is 829. The molecule has 1 atom stereocenters. The third-order valence-electron chi connectivity index (χ3n) is 3.91. The molecule has 2 aromatic rings. The Kier molecular flexibility index (Phi) is 6.11. The van der Waals surface area contributed by atoms with Gasteiger partial charge in [-0.25, -0.2) is 4.79 Å². The van der Waals surface area contributed by atoms with E-state index < -0.39 is 23.1 Å². The van der Waals surface area contributed by atoms with Crippen LogP contribution in [0.1, 0.15) is 41.5 Å². The Morgan fingerprint density at radius 1 is 0.962 bits per heavy atom. The molecule has 0 aliphatic rings. The number of azo groups is 1. The van der Waals surface area contributed by atoms with Crippen molar-refractivity contribution in [2.45, 2.75) is 26.3 Å². The van der Waals surface area contributed by atoms with Gasteiger partial charge in [0.1, 0.15) is 0 Å². The van der Waals surface area contributed by atoms with E-state index in [4.69, 9.17) is 4.74 Å². The summed E-state index contributed by atoms with van der Waals surface area (Å²) in [6.07, 6.45) is 0. The summed E-state index contributed by atoms with van der Waals surface area (Å²) in [6.45, 7) is 4.77. The van der Waals surface area contributed by atoms with Crippen LogP contribution >= 0.6 is 0 Å². The molecule has 0 aliphatic heterocycles. The average Bonchev–Trinajstić information content (AvgIpc) is 2.66. The summed E-state index contributed by atoms with van der Waals surface area (Å²) < 4.78 is 4.91. The van der Waals surface area contributed by atoms with Crippen LogP contribution in [0.3, 0.4) is 0 Å². The predicted molar refractivity (Wildman–Crippen MR) is 96.8 cm³/mol. The molecule has 0 saturated heterocycles. The number of carbonyl (C=O) groups is 3. The van der Waals surface area contributed by atoms with Gasteiger partial charge in [-0.1, -0.05) is 30.3 Å². The molecule has 0 aromatic heterocycles. The predicted octanol–water partition coefficient (Wildman–Crippen LogP) is 4.18. The van der Waals surface area contributed by atoms with E-state index in [1.807, 2.05) is 0 Å². The quantitative estimate of drug-likeness (QED) is 0.324. The minimum atomic E-state index is -1.61. The van der Waals surface area contributed by atoms with Crippen LogP contribution in [-0.2, 0) is 9.53 Å². The molecule has 0 aliphatic carbocycles. The molecular formula is C20H20N2O4. The molecule has 0 saturated carbocycles. The second-order valence-electron chi connectivity index (χ2n) is 5.79. The Hall–Kier alpha value is -3.15. The first-order chi connectivity index (χ1) is 12.4. The van der Waals surface area contributed by atoms with E-state index in [0.717, 1.165) is 0 Å². The van der Waals surface area contributed by atoms with E-state index in [1.165, 1.54) is 13.8 Å². The van der Waals surface area contributed by atoms with Crippen LogP contribution in [0, 0.1) is 0 Å². The molecule has 0 radical (unpaired) electrons. The van der Waals surface area contributed by atoms with E-state index in [2.05, 4.69) is 10.2 Å². The lowest BCUT2D eigenvalue weighted by molar-refractivity contribution is -0.120. The lowest BCUT2D eigenvalue weighted by Crippen LogP contribution is -2.40. The van der Waals surface area contributed by atoms with Crippen LogP contribution < -0.4 is 0 Å². The summed E-state index contributed by atoms with van der Waals surface area (Å²) in [7, 11) is 0. The molecule has 2 rings (SSSR count). The van der Waals surface area contributed by atoms with E-state index in [-0.39, 0.29) is 0 Å². The second kappa shape index (κ2) is 8.29. The average molecular weight is 352 g/mol. The summed E-state index contributed by atoms with van der Waals surface area (Å²) >= 11 is 0. The van der Waals surface area contributed by atoms with Crippen LogP contribution in [-0.4, -0.2) is 29.7 Å². The molecule has 0 spiro atoms. The first-order valence-corrected chi connectivity index (χ1v) is 8.19. The largest absolute Gasteiger partial charge is 0.462 e. The van der Waals surface area contributed by atoms with Gasteiger partial charge in [-0.3, -0.25) is 9.59 Å². The maximum absolute atomic E-state index is 12.7. The fourth-order valence-corrected chi connectivity index (χ4v) is 2.18. The number of ether oxygens (including phenoxy) is 1. The first kappa shape index (κ1) is 19.2. The normalized spacial score (nSPS) is 13.2. The van der Waals surface area contributed by atoms with Crippen molar-refractivity contribution in [2.75, 3.05) is 6.61 Å². The van der Waals surface area contributed by atoms with Gasteiger partial charge >= 0.3 is 5.97 Å². The van der Waals surface area contributed by atoms with Gasteiger partial charge in [0.05, 0.1) is 17.9 Å². The molecule has 2 aromatic carbocycles. The molecule has 1 unspecified atom stereocenters. The number of hydrogen-bond donors (Lipinski definition) is 0. The topological polar surface area (TPSA) is 85.2 Å². The fourth-order valence-electron chi connectivity index (χ4n) is 2.18. The third kappa shape index (κ3) is 4.27. The van der Waals surface area contributed by atoms with Gasteiger partial charge < -0.3 is 4.74 Å². The van der Waals surface area contributed by atoms with E-state index >= 15 is 0 Å². The van der Waals surface area contributed by atoms with E-state index in [9.17, 15) is 14.4 Å². The van der Waals surface area contributed by atoms with Crippen molar-refractivity contribution >= 4 is 23.2 Å². The van der Waals surface area contributed by atoms with Gasteiger partial charge in [-0.05, 0) is 45.0 Å². The highest BCUT2D eigenvalue weighted by Crippen LogP contribution is 2.23. The molecular weight excluding hydrogens is 332 g/mol. The number of ketones is 2. The SMILES string of the molecule is CCOC(=O)c1ccc(N=NC(C)(C(C)=O)C(=O)c2ccccc2)cc1. The molecule has 6 heteroatoms. The lowest BCUT2D eigenvalue weighted by atomic mass is 9.88. The van der Waals surface area contributed by atoms with Gasteiger partial charge in [-0.15, -0.1) is 0 Å². The molecule has 0 amide bonds. The standard InChI is InChI=1S/C20H20N2O4/c1-4-26-19(25)16-10-12-17(13-11-16)21-22-20(3,14(2)23)18(24)15-8-6-5-7-9-15/h5-13H,4H2,1-3H3. The first-order valence-electron chi connectivity index (χ1n) is 8.19. The molecule has 0 fully saturated rings. The van der Waals surface area contributed by atoms with Crippen LogP contribution in [0.25, 0.3) is 0 Å². The molecule has 26 heavy (non-hydrogen) atoms. The zero-order chi connectivity index (χ0) is 19.2. The summed E-state index contributed by atoms with van der Waals surface area (Å²) in [5.41, 5.74) is -0.407. The van der Waals surface area contributed by atoms with Crippen molar-refractivity contribution in [3.63, 3.8) is 0 Å². The van der Waals surface area contributed by atoms with E-state index in [1.54, 1.807) is 61.5 Å². The summed E-state index contributed by atoms with van der Waals surface area (Å²) in [4.78, 5) is 36.4. The summed E-state index contributed by atoms with van der Waals surface area (Å²) in [5, 5.41) is 8.05. The van der Waals surface area contributed by atoms with Gasteiger partial charge in [0.25, 0.3) is 0 Å². The van der Waals surface area contributed by atoms with Crippen molar-refractivity contribution < 1.29 is 19.1 Å². The number of carbonyl (C=O) groups excluding carboxylic acids is 3. The zero-order valence-electron chi connectivity index (χ0n) is 14.9. The van der Waals surface area contributed by atoms with Gasteiger partial charge in [0.15, 0.2) is 17.1 Å². The molecule has 0 bridgehead atoms. The lowest BCUT2D eigenvalue weighted by Gasteiger charge is -2.19. The number of esters is 1. The molecule has 0 N–H and O–H groups in total. The number of rotatable bonds is 7. The van der Waals surface area contributed by atoms with Crippen molar-refractivity contribution in [3.8, 4) is 0 Å². The molecule has 6 nitrogen and oxygen atoms in total. The van der Waals surface area contributed by atoms with Gasteiger partial charge in [0, 0.05) is 5.56 Å². The van der Waals surface area contributed by atoms with Crippen LogP contribution in [0.2, 0.25) is 0 Å². The highest BCUT2D eigenvalue weighted by atomic mass is 16.5. The Morgan fingerprint density at radius 3 is 2.12 bits per heavy atom. The second-order valence-corrected chi connectivity index (χ2v) is 5.79. The summed E-state index contributed by atoms with van der Waals surface area (Å²) in [5.74, 6) is -1.25. The van der Waals surface area contributed by atoms with E-state index in [0.29, 0.717) is 23.4 Å². The van der Waals surface area contributed by atoms with Crippen molar-refractivity contribution in [1.82, 2.24) is 0 Å². The van der Waals surface area contributed by atoms with Crippen molar-refractivity contribution in [1.29, 1.82) is 0 Å². The van der Waals surface area contributed by atoms with Crippen molar-refractivity contribution in [3.05, 3.63) is 65.7 Å². The smallest absolute Gasteiger partial charge is 0.338 e. The minimum absolute atomic E-state index is 0.291. The Morgan fingerprint density at radius 2 is 1.58 bits per heavy atom. The fraction of sp³-hybridized carbons (Fsp3) is 0.250.